The van der Waals surface area contributed by atoms with E-state index in [1.807, 2.05) is 19.9 Å². The number of hydrogen-bond acceptors (Lipinski definition) is 2. The van der Waals surface area contributed by atoms with Gasteiger partial charge in [-0.15, -0.1) is 0 Å². The fourth-order valence-corrected chi connectivity index (χ4v) is 2.38. The summed E-state index contributed by atoms with van der Waals surface area (Å²) in [5.41, 5.74) is 2.55. The smallest absolute Gasteiger partial charge is 0.105 e. The molecule has 1 unspecified atom stereocenters. The average Bonchev–Trinajstić information content (AvgIpc) is 2.69. The highest BCUT2D eigenvalue weighted by Gasteiger charge is 2.15. The summed E-state index contributed by atoms with van der Waals surface area (Å²) in [6.45, 7) is 8.38. The molecule has 1 aromatic heterocycles. The SMILES string of the molecule is Cc1cc(C(C)N[C@H](C)c2ccccc2)c(C)o1. The first kappa shape index (κ1) is 12.9. The van der Waals surface area contributed by atoms with Gasteiger partial charge in [0.15, 0.2) is 0 Å². The molecule has 0 fully saturated rings. The van der Waals surface area contributed by atoms with Crippen LogP contribution in [0.2, 0.25) is 0 Å². The summed E-state index contributed by atoms with van der Waals surface area (Å²) >= 11 is 0. The Bertz CT molecular complexity index is 501. The highest BCUT2D eigenvalue weighted by Crippen LogP contribution is 2.24. The lowest BCUT2D eigenvalue weighted by Gasteiger charge is -2.20. The largest absolute Gasteiger partial charge is 0.466 e. The summed E-state index contributed by atoms with van der Waals surface area (Å²) in [4.78, 5) is 0. The van der Waals surface area contributed by atoms with Crippen LogP contribution in [0.5, 0.6) is 0 Å². The van der Waals surface area contributed by atoms with Crippen LogP contribution in [0.1, 0.15) is 48.6 Å². The molecule has 2 nitrogen and oxygen atoms in total. The maximum Gasteiger partial charge on any atom is 0.105 e. The predicted octanol–water partition coefficient (Wildman–Crippen LogP) is 4.31. The van der Waals surface area contributed by atoms with Gasteiger partial charge in [0.2, 0.25) is 0 Å². The van der Waals surface area contributed by atoms with Gasteiger partial charge in [-0.1, -0.05) is 30.3 Å². The number of hydrogen-bond donors (Lipinski definition) is 1. The van der Waals surface area contributed by atoms with Crippen LogP contribution in [0.15, 0.2) is 40.8 Å². The molecule has 96 valence electrons. The molecular formula is C16H21NO. The first-order valence-electron chi connectivity index (χ1n) is 6.46. The molecule has 1 N–H and O–H groups in total. The van der Waals surface area contributed by atoms with Gasteiger partial charge in [0, 0.05) is 17.6 Å². The fourth-order valence-electron chi connectivity index (χ4n) is 2.38. The van der Waals surface area contributed by atoms with Crippen molar-refractivity contribution in [2.45, 2.75) is 39.8 Å². The number of rotatable bonds is 4. The molecule has 2 rings (SSSR count). The van der Waals surface area contributed by atoms with Crippen molar-refractivity contribution in [3.63, 3.8) is 0 Å². The molecule has 18 heavy (non-hydrogen) atoms. The van der Waals surface area contributed by atoms with Crippen molar-refractivity contribution in [1.29, 1.82) is 0 Å². The molecule has 0 saturated carbocycles. The topological polar surface area (TPSA) is 25.2 Å². The summed E-state index contributed by atoms with van der Waals surface area (Å²) in [5.74, 6) is 1.98. The van der Waals surface area contributed by atoms with Crippen LogP contribution < -0.4 is 5.32 Å². The van der Waals surface area contributed by atoms with Crippen molar-refractivity contribution in [3.05, 3.63) is 59.0 Å². The normalized spacial score (nSPS) is 14.4. The van der Waals surface area contributed by atoms with Crippen molar-refractivity contribution in [2.75, 3.05) is 0 Å². The van der Waals surface area contributed by atoms with E-state index in [9.17, 15) is 0 Å². The van der Waals surface area contributed by atoms with Gasteiger partial charge in [-0.2, -0.15) is 0 Å². The zero-order valence-corrected chi connectivity index (χ0v) is 11.5. The Labute approximate surface area is 109 Å². The summed E-state index contributed by atoms with van der Waals surface area (Å²) in [7, 11) is 0. The minimum absolute atomic E-state index is 0.289. The van der Waals surface area contributed by atoms with Gasteiger partial charge in [-0.05, 0) is 39.3 Å². The molecule has 0 radical (unpaired) electrons. The molecule has 0 spiro atoms. The lowest BCUT2D eigenvalue weighted by Crippen LogP contribution is -2.22. The van der Waals surface area contributed by atoms with Gasteiger partial charge in [0.25, 0.3) is 0 Å². The average molecular weight is 243 g/mol. The second-order valence-electron chi connectivity index (χ2n) is 4.89. The van der Waals surface area contributed by atoms with E-state index in [1.165, 1.54) is 11.1 Å². The fraction of sp³-hybridized carbons (Fsp3) is 0.375. The molecule has 1 aromatic carbocycles. The third kappa shape index (κ3) is 2.82. The van der Waals surface area contributed by atoms with Crippen molar-refractivity contribution in [3.8, 4) is 0 Å². The Morgan fingerprint density at radius 1 is 1.00 bits per heavy atom. The van der Waals surface area contributed by atoms with Crippen molar-refractivity contribution in [2.24, 2.45) is 0 Å². The van der Waals surface area contributed by atoms with Crippen molar-refractivity contribution < 1.29 is 4.42 Å². The van der Waals surface area contributed by atoms with Gasteiger partial charge >= 0.3 is 0 Å². The zero-order valence-electron chi connectivity index (χ0n) is 11.5. The Balaban J connectivity index is 2.08. The van der Waals surface area contributed by atoms with E-state index in [-0.39, 0.29) is 6.04 Å². The first-order valence-corrected chi connectivity index (χ1v) is 6.46. The minimum atomic E-state index is 0.289. The van der Waals surface area contributed by atoms with Crippen LogP contribution >= 0.6 is 0 Å². The highest BCUT2D eigenvalue weighted by molar-refractivity contribution is 5.25. The Hall–Kier alpha value is -1.54. The van der Waals surface area contributed by atoms with E-state index in [1.54, 1.807) is 0 Å². The van der Waals surface area contributed by atoms with E-state index < -0.39 is 0 Å². The summed E-state index contributed by atoms with van der Waals surface area (Å²) in [5, 5.41) is 3.61. The molecule has 0 saturated heterocycles. The number of furan rings is 1. The van der Waals surface area contributed by atoms with Crippen molar-refractivity contribution in [1.82, 2.24) is 5.32 Å². The molecule has 0 aliphatic heterocycles. The van der Waals surface area contributed by atoms with Crippen LogP contribution in [-0.2, 0) is 0 Å². The van der Waals surface area contributed by atoms with Gasteiger partial charge in [-0.25, -0.2) is 0 Å². The van der Waals surface area contributed by atoms with E-state index in [2.05, 4.69) is 49.5 Å². The molecule has 0 aliphatic carbocycles. The first-order chi connectivity index (χ1) is 8.58. The van der Waals surface area contributed by atoms with E-state index in [4.69, 9.17) is 4.42 Å². The van der Waals surface area contributed by atoms with Crippen LogP contribution in [0.25, 0.3) is 0 Å². The summed E-state index contributed by atoms with van der Waals surface area (Å²) in [6, 6.07) is 13.2. The van der Waals surface area contributed by atoms with Crippen LogP contribution in [0.3, 0.4) is 0 Å². The molecule has 2 heteroatoms. The second-order valence-corrected chi connectivity index (χ2v) is 4.89. The maximum absolute atomic E-state index is 5.58. The highest BCUT2D eigenvalue weighted by atomic mass is 16.3. The zero-order chi connectivity index (χ0) is 13.1. The monoisotopic (exact) mass is 243 g/mol. The molecular weight excluding hydrogens is 222 g/mol. The maximum atomic E-state index is 5.58. The standard InChI is InChI=1S/C16H21NO/c1-11-10-16(14(4)18-11)13(3)17-12(2)15-8-6-5-7-9-15/h5-10,12-13,17H,1-4H3/t12-,13?/m1/s1. The predicted molar refractivity (Wildman–Crippen MR) is 74.6 cm³/mol. The van der Waals surface area contributed by atoms with Crippen molar-refractivity contribution >= 4 is 0 Å². The lowest BCUT2D eigenvalue weighted by molar-refractivity contribution is 0.469. The third-order valence-electron chi connectivity index (χ3n) is 3.35. The summed E-state index contributed by atoms with van der Waals surface area (Å²) < 4.78 is 5.58. The van der Waals surface area contributed by atoms with Gasteiger partial charge in [-0.3, -0.25) is 0 Å². The van der Waals surface area contributed by atoms with Crippen LogP contribution in [0.4, 0.5) is 0 Å². The van der Waals surface area contributed by atoms with Gasteiger partial charge in [0.1, 0.15) is 11.5 Å². The number of aryl methyl sites for hydroxylation is 2. The third-order valence-corrected chi connectivity index (χ3v) is 3.35. The number of benzene rings is 1. The molecule has 1 heterocycles. The molecule has 0 bridgehead atoms. The Kier molecular flexibility index (Phi) is 3.87. The van der Waals surface area contributed by atoms with Crippen LogP contribution in [-0.4, -0.2) is 0 Å². The van der Waals surface area contributed by atoms with E-state index >= 15 is 0 Å². The molecule has 2 aromatic rings. The second kappa shape index (κ2) is 5.40. The Morgan fingerprint density at radius 3 is 2.22 bits per heavy atom. The quantitative estimate of drug-likeness (QED) is 0.865. The molecule has 0 amide bonds. The minimum Gasteiger partial charge on any atom is -0.466 e. The number of nitrogens with one attached hydrogen (secondary N) is 1. The molecule has 2 atom stereocenters. The summed E-state index contributed by atoms with van der Waals surface area (Å²) in [6.07, 6.45) is 0. The lowest BCUT2D eigenvalue weighted by atomic mass is 10.0. The van der Waals surface area contributed by atoms with Crippen LogP contribution in [0, 0.1) is 13.8 Å². The van der Waals surface area contributed by atoms with E-state index in [0.717, 1.165) is 11.5 Å². The van der Waals surface area contributed by atoms with Gasteiger partial charge in [0.05, 0.1) is 0 Å². The van der Waals surface area contributed by atoms with Gasteiger partial charge < -0.3 is 9.73 Å². The molecule has 0 aliphatic rings. The van der Waals surface area contributed by atoms with E-state index in [0.29, 0.717) is 6.04 Å². The Morgan fingerprint density at radius 2 is 1.67 bits per heavy atom.